The van der Waals surface area contributed by atoms with Gasteiger partial charge in [0.1, 0.15) is 5.75 Å². The molecule has 2 rings (SSSR count). The Morgan fingerprint density at radius 1 is 1.05 bits per heavy atom. The Morgan fingerprint density at radius 2 is 1.70 bits per heavy atom. The topological polar surface area (TPSA) is 60.8 Å². The maximum Gasteiger partial charge on any atom is 0.211 e. The molecule has 0 aliphatic heterocycles. The number of hydrogen-bond donors (Lipinski definition) is 1. The van der Waals surface area contributed by atoms with Crippen LogP contribution in [0, 0.1) is 0 Å². The van der Waals surface area contributed by atoms with E-state index in [4.69, 9.17) is 14.2 Å². The fraction of sp³-hybridized carbons (Fsp3) is 0.267. The Bertz CT molecular complexity index is 544. The van der Waals surface area contributed by atoms with Crippen molar-refractivity contribution in [2.45, 2.75) is 13.0 Å². The number of rotatable bonds is 5. The molecule has 0 fully saturated rings. The van der Waals surface area contributed by atoms with E-state index in [0.717, 1.165) is 0 Å². The van der Waals surface area contributed by atoms with Gasteiger partial charge in [0, 0.05) is 0 Å². The van der Waals surface area contributed by atoms with Crippen molar-refractivity contribution < 1.29 is 19.3 Å². The summed E-state index contributed by atoms with van der Waals surface area (Å²) < 4.78 is 16.3. The van der Waals surface area contributed by atoms with Crippen molar-refractivity contribution >= 4 is 0 Å². The number of para-hydroxylation sites is 1. The molecule has 0 unspecified atom stereocenters. The summed E-state index contributed by atoms with van der Waals surface area (Å²) in [6.45, 7) is 1.66. The molecule has 5 heteroatoms. The van der Waals surface area contributed by atoms with E-state index >= 15 is 0 Å². The van der Waals surface area contributed by atoms with Crippen molar-refractivity contribution in [3.8, 4) is 23.0 Å². The van der Waals surface area contributed by atoms with E-state index in [-0.39, 0.29) is 0 Å². The average Bonchev–Trinajstić information content (AvgIpc) is 2.48. The highest BCUT2D eigenvalue weighted by molar-refractivity contribution is 5.52. The van der Waals surface area contributed by atoms with Gasteiger partial charge >= 0.3 is 0 Å². The lowest BCUT2D eigenvalue weighted by molar-refractivity contribution is 0.194. The highest BCUT2D eigenvalue weighted by Crippen LogP contribution is 2.39. The zero-order valence-corrected chi connectivity index (χ0v) is 11.7. The molecule has 1 atom stereocenters. The average molecular weight is 275 g/mol. The normalized spacial score (nSPS) is 11.8. The first kappa shape index (κ1) is 14.1. The van der Waals surface area contributed by atoms with E-state index in [1.165, 1.54) is 0 Å². The lowest BCUT2D eigenvalue weighted by Crippen LogP contribution is -1.97. The lowest BCUT2D eigenvalue weighted by Gasteiger charge is -2.14. The van der Waals surface area contributed by atoms with Crippen molar-refractivity contribution in [1.82, 2.24) is 4.98 Å². The zero-order valence-electron chi connectivity index (χ0n) is 11.7. The highest BCUT2D eigenvalue weighted by atomic mass is 16.5. The van der Waals surface area contributed by atoms with Gasteiger partial charge in [0.2, 0.25) is 5.75 Å². The van der Waals surface area contributed by atoms with Crippen LogP contribution in [0.15, 0.2) is 36.5 Å². The van der Waals surface area contributed by atoms with Gasteiger partial charge in [-0.1, -0.05) is 6.07 Å². The van der Waals surface area contributed by atoms with Gasteiger partial charge in [-0.05, 0) is 31.2 Å². The lowest BCUT2D eigenvalue weighted by atomic mass is 10.2. The summed E-state index contributed by atoms with van der Waals surface area (Å²) in [5.41, 5.74) is 0.587. The Morgan fingerprint density at radius 3 is 2.15 bits per heavy atom. The second kappa shape index (κ2) is 6.25. The number of benzene rings is 1. The Kier molecular flexibility index (Phi) is 4.42. The fourth-order valence-corrected chi connectivity index (χ4v) is 1.73. The van der Waals surface area contributed by atoms with Gasteiger partial charge in [-0.3, -0.25) is 4.98 Å². The van der Waals surface area contributed by atoms with Crippen LogP contribution in [0.5, 0.6) is 23.0 Å². The summed E-state index contributed by atoms with van der Waals surface area (Å²) in [7, 11) is 3.13. The Labute approximate surface area is 117 Å². The molecule has 1 N–H and O–H groups in total. The molecule has 0 saturated carbocycles. The van der Waals surface area contributed by atoms with Crippen LogP contribution in [0.2, 0.25) is 0 Å². The smallest absolute Gasteiger partial charge is 0.211 e. The summed E-state index contributed by atoms with van der Waals surface area (Å²) in [6.07, 6.45) is 0.943. The molecule has 0 radical (unpaired) electrons. The summed E-state index contributed by atoms with van der Waals surface area (Å²) in [4.78, 5) is 4.13. The van der Waals surface area contributed by atoms with E-state index in [0.29, 0.717) is 28.7 Å². The molecule has 0 amide bonds. The molecule has 0 spiro atoms. The van der Waals surface area contributed by atoms with Crippen molar-refractivity contribution in [3.63, 3.8) is 0 Å². The van der Waals surface area contributed by atoms with Crippen LogP contribution in [-0.4, -0.2) is 24.3 Å². The number of aromatic nitrogens is 1. The summed E-state index contributed by atoms with van der Waals surface area (Å²) in [5, 5.41) is 9.43. The largest absolute Gasteiger partial charge is 0.493 e. The third kappa shape index (κ3) is 3.00. The van der Waals surface area contributed by atoms with Crippen LogP contribution in [0.4, 0.5) is 0 Å². The SMILES string of the molecule is COc1cccc(OC)c1Oc1ccc([C@@H](C)O)nc1. The number of aliphatic hydroxyl groups is 1. The summed E-state index contributed by atoms with van der Waals surface area (Å²) in [6, 6.07) is 8.84. The molecule has 106 valence electrons. The third-order valence-corrected chi connectivity index (χ3v) is 2.79. The monoisotopic (exact) mass is 275 g/mol. The van der Waals surface area contributed by atoms with E-state index in [1.54, 1.807) is 51.6 Å². The molecule has 5 nitrogen and oxygen atoms in total. The van der Waals surface area contributed by atoms with Gasteiger partial charge in [-0.15, -0.1) is 0 Å². The van der Waals surface area contributed by atoms with Gasteiger partial charge < -0.3 is 19.3 Å². The van der Waals surface area contributed by atoms with Crippen molar-refractivity contribution in [2.24, 2.45) is 0 Å². The van der Waals surface area contributed by atoms with Crippen LogP contribution in [0.3, 0.4) is 0 Å². The molecule has 0 aliphatic carbocycles. The first-order valence-electron chi connectivity index (χ1n) is 6.18. The molecule has 1 aromatic heterocycles. The number of pyridine rings is 1. The highest BCUT2D eigenvalue weighted by Gasteiger charge is 2.12. The van der Waals surface area contributed by atoms with Crippen molar-refractivity contribution in [3.05, 3.63) is 42.2 Å². The molecule has 2 aromatic rings. The van der Waals surface area contributed by atoms with E-state index in [2.05, 4.69) is 4.98 Å². The standard InChI is InChI=1S/C15H17NO4/c1-10(17)12-8-7-11(9-16-12)20-15-13(18-2)5-4-6-14(15)19-3/h4-10,17H,1-3H3/t10-/m1/s1. The molecular formula is C15H17NO4. The molecule has 1 aromatic carbocycles. The first-order valence-corrected chi connectivity index (χ1v) is 6.18. The molecule has 0 bridgehead atoms. The minimum atomic E-state index is -0.607. The molecular weight excluding hydrogens is 258 g/mol. The fourth-order valence-electron chi connectivity index (χ4n) is 1.73. The molecule has 20 heavy (non-hydrogen) atoms. The van der Waals surface area contributed by atoms with Crippen molar-refractivity contribution in [2.75, 3.05) is 14.2 Å². The van der Waals surface area contributed by atoms with E-state index in [1.807, 2.05) is 6.07 Å². The maximum atomic E-state index is 9.43. The summed E-state index contributed by atoms with van der Waals surface area (Å²) in [5.74, 6) is 2.18. The van der Waals surface area contributed by atoms with Crippen LogP contribution < -0.4 is 14.2 Å². The quantitative estimate of drug-likeness (QED) is 0.909. The van der Waals surface area contributed by atoms with Crippen LogP contribution in [0.25, 0.3) is 0 Å². The third-order valence-electron chi connectivity index (χ3n) is 2.79. The van der Waals surface area contributed by atoms with Gasteiger partial charge in [0.25, 0.3) is 0 Å². The molecule has 1 heterocycles. The Balaban J connectivity index is 2.29. The number of ether oxygens (including phenoxy) is 3. The first-order chi connectivity index (χ1) is 9.65. The molecule has 0 saturated heterocycles. The minimum absolute atomic E-state index is 0.490. The van der Waals surface area contributed by atoms with E-state index < -0.39 is 6.10 Å². The second-order valence-electron chi connectivity index (χ2n) is 4.19. The maximum absolute atomic E-state index is 9.43. The van der Waals surface area contributed by atoms with Gasteiger partial charge in [0.15, 0.2) is 11.5 Å². The van der Waals surface area contributed by atoms with Gasteiger partial charge in [-0.2, -0.15) is 0 Å². The Hall–Kier alpha value is -2.27. The van der Waals surface area contributed by atoms with Crippen LogP contribution in [-0.2, 0) is 0 Å². The van der Waals surface area contributed by atoms with E-state index in [9.17, 15) is 5.11 Å². The van der Waals surface area contributed by atoms with Gasteiger partial charge in [-0.25, -0.2) is 0 Å². The number of nitrogens with zero attached hydrogens (tertiary/aromatic N) is 1. The second-order valence-corrected chi connectivity index (χ2v) is 4.19. The predicted molar refractivity (Wildman–Crippen MR) is 74.5 cm³/mol. The van der Waals surface area contributed by atoms with Crippen molar-refractivity contribution in [1.29, 1.82) is 0 Å². The summed E-state index contributed by atoms with van der Waals surface area (Å²) >= 11 is 0. The number of methoxy groups -OCH3 is 2. The zero-order chi connectivity index (χ0) is 14.5. The van der Waals surface area contributed by atoms with Gasteiger partial charge in [0.05, 0.1) is 32.2 Å². The minimum Gasteiger partial charge on any atom is -0.493 e. The number of hydrogen-bond acceptors (Lipinski definition) is 5. The van der Waals surface area contributed by atoms with Crippen LogP contribution >= 0.6 is 0 Å². The predicted octanol–water partition coefficient (Wildman–Crippen LogP) is 2.94. The molecule has 0 aliphatic rings. The van der Waals surface area contributed by atoms with Crippen LogP contribution in [0.1, 0.15) is 18.7 Å². The number of aliphatic hydroxyl groups excluding tert-OH is 1.